The second-order valence-electron chi connectivity index (χ2n) is 4.54. The van der Waals surface area contributed by atoms with Crippen molar-refractivity contribution >= 4 is 17.6 Å². The van der Waals surface area contributed by atoms with Crippen LogP contribution in [0.3, 0.4) is 0 Å². The van der Waals surface area contributed by atoms with Gasteiger partial charge in [0.2, 0.25) is 0 Å². The lowest BCUT2D eigenvalue weighted by Gasteiger charge is -2.12. The first-order valence-electron chi connectivity index (χ1n) is 6.14. The number of nitrogens with one attached hydrogen (secondary N) is 1. The molecule has 0 spiro atoms. The van der Waals surface area contributed by atoms with Crippen LogP contribution in [0, 0.1) is 0 Å². The number of carboxylic acid groups (broad SMARTS) is 1. The number of carboxylic acids is 1. The smallest absolute Gasteiger partial charge is 0.489 e. The van der Waals surface area contributed by atoms with Crippen molar-refractivity contribution in [1.29, 1.82) is 0 Å². The largest absolute Gasteiger partial charge is 0.490 e. The summed E-state index contributed by atoms with van der Waals surface area (Å²) in [6, 6.07) is 8.08. The van der Waals surface area contributed by atoms with E-state index in [0.717, 1.165) is 23.7 Å². The summed E-state index contributed by atoms with van der Waals surface area (Å²) in [5.41, 5.74) is 0. The number of rotatable bonds is 2. The molecule has 1 heterocycles. The van der Waals surface area contributed by atoms with Crippen LogP contribution in [-0.4, -0.2) is 35.9 Å². The van der Waals surface area contributed by atoms with Crippen LogP contribution in [0.1, 0.15) is 13.3 Å². The molecule has 8 heteroatoms. The number of halogens is 4. The van der Waals surface area contributed by atoms with Crippen LogP contribution in [0.2, 0.25) is 5.02 Å². The Morgan fingerprint density at radius 1 is 1.38 bits per heavy atom. The Morgan fingerprint density at radius 2 is 1.90 bits per heavy atom. The van der Waals surface area contributed by atoms with Crippen LogP contribution in [-0.2, 0) is 4.79 Å². The fourth-order valence-electron chi connectivity index (χ4n) is 1.69. The number of carbonyl (C=O) groups is 1. The summed E-state index contributed by atoms with van der Waals surface area (Å²) in [6.45, 7) is 3.11. The van der Waals surface area contributed by atoms with Crippen LogP contribution in [0.15, 0.2) is 24.3 Å². The Bertz CT molecular complexity index is 465. The molecule has 0 bridgehead atoms. The molecule has 1 aromatic rings. The Balaban J connectivity index is 0.000000270. The predicted octanol–water partition coefficient (Wildman–Crippen LogP) is 3.10. The molecule has 118 valence electrons. The first kappa shape index (κ1) is 17.6. The second-order valence-corrected chi connectivity index (χ2v) is 4.98. The molecule has 0 unspecified atom stereocenters. The number of aliphatic carboxylic acids is 1. The van der Waals surface area contributed by atoms with Crippen LogP contribution in [0.25, 0.3) is 0 Å². The average Bonchev–Trinajstić information content (AvgIpc) is 2.77. The highest BCUT2D eigenvalue weighted by Crippen LogP contribution is 2.19. The first-order chi connectivity index (χ1) is 9.68. The minimum atomic E-state index is -5.08. The molecule has 0 aliphatic carbocycles. The molecule has 2 rings (SSSR count). The van der Waals surface area contributed by atoms with Gasteiger partial charge in [-0.25, -0.2) is 4.79 Å². The zero-order valence-corrected chi connectivity index (χ0v) is 11.9. The zero-order valence-electron chi connectivity index (χ0n) is 11.2. The molecule has 0 aromatic heterocycles. The third-order valence-electron chi connectivity index (χ3n) is 2.67. The lowest BCUT2D eigenvalue weighted by Crippen LogP contribution is -2.21. The van der Waals surface area contributed by atoms with Gasteiger partial charge in [-0.1, -0.05) is 11.6 Å². The van der Waals surface area contributed by atoms with Gasteiger partial charge in [-0.2, -0.15) is 13.2 Å². The summed E-state index contributed by atoms with van der Waals surface area (Å²) < 4.78 is 37.5. The van der Waals surface area contributed by atoms with E-state index < -0.39 is 12.1 Å². The van der Waals surface area contributed by atoms with Gasteiger partial charge in [0.25, 0.3) is 0 Å². The molecule has 0 amide bonds. The highest BCUT2D eigenvalue weighted by atomic mass is 35.5. The molecule has 2 atom stereocenters. The maximum Gasteiger partial charge on any atom is 0.490 e. The molecule has 1 saturated heterocycles. The Kier molecular flexibility index (Phi) is 6.29. The van der Waals surface area contributed by atoms with Gasteiger partial charge in [0.05, 0.1) is 0 Å². The molecule has 0 saturated carbocycles. The summed E-state index contributed by atoms with van der Waals surface area (Å²) in [6.07, 6.45) is -3.71. The maximum absolute atomic E-state index is 10.6. The van der Waals surface area contributed by atoms with Crippen molar-refractivity contribution in [3.05, 3.63) is 29.3 Å². The molecule has 0 radical (unpaired) electrons. The molecular weight excluding hydrogens is 311 g/mol. The lowest BCUT2D eigenvalue weighted by molar-refractivity contribution is -0.192. The van der Waals surface area contributed by atoms with Gasteiger partial charge in [-0.3, -0.25) is 0 Å². The van der Waals surface area contributed by atoms with Crippen molar-refractivity contribution in [3.8, 4) is 5.75 Å². The highest BCUT2D eigenvalue weighted by molar-refractivity contribution is 6.30. The van der Waals surface area contributed by atoms with Crippen molar-refractivity contribution < 1.29 is 27.8 Å². The van der Waals surface area contributed by atoms with E-state index in [0.29, 0.717) is 12.1 Å². The molecule has 1 fully saturated rings. The van der Waals surface area contributed by atoms with Crippen LogP contribution >= 0.6 is 11.6 Å². The minimum absolute atomic E-state index is 0.297. The van der Waals surface area contributed by atoms with Crippen molar-refractivity contribution in [2.45, 2.75) is 31.7 Å². The van der Waals surface area contributed by atoms with E-state index in [1.54, 1.807) is 0 Å². The topological polar surface area (TPSA) is 58.6 Å². The fourth-order valence-corrected chi connectivity index (χ4v) is 1.82. The fraction of sp³-hybridized carbons (Fsp3) is 0.462. The lowest BCUT2D eigenvalue weighted by atomic mass is 10.2. The number of hydrogen-bond acceptors (Lipinski definition) is 3. The molecule has 1 aromatic carbocycles. The summed E-state index contributed by atoms with van der Waals surface area (Å²) in [7, 11) is 0. The number of hydrogen-bond donors (Lipinski definition) is 2. The van der Waals surface area contributed by atoms with Gasteiger partial charge in [0, 0.05) is 24.0 Å². The van der Waals surface area contributed by atoms with E-state index in [4.69, 9.17) is 26.2 Å². The van der Waals surface area contributed by atoms with Crippen LogP contribution in [0.4, 0.5) is 13.2 Å². The van der Waals surface area contributed by atoms with Gasteiger partial charge < -0.3 is 15.2 Å². The molecular formula is C13H15ClF3NO3. The third-order valence-corrected chi connectivity index (χ3v) is 2.92. The van der Waals surface area contributed by atoms with Gasteiger partial charge >= 0.3 is 12.1 Å². The van der Waals surface area contributed by atoms with E-state index in [-0.39, 0.29) is 0 Å². The van der Waals surface area contributed by atoms with Gasteiger partial charge in [0.15, 0.2) is 0 Å². The van der Waals surface area contributed by atoms with Crippen molar-refractivity contribution in [3.63, 3.8) is 0 Å². The molecule has 2 N–H and O–H groups in total. The van der Waals surface area contributed by atoms with Gasteiger partial charge in [-0.05, 0) is 31.2 Å². The predicted molar refractivity (Wildman–Crippen MR) is 71.6 cm³/mol. The number of ether oxygens (including phenoxy) is 1. The minimum Gasteiger partial charge on any atom is -0.489 e. The SMILES string of the molecule is C[C@@H]1C[C@H](Oc2ccc(Cl)cc2)CN1.O=C(O)C(F)(F)F. The second kappa shape index (κ2) is 7.51. The first-order valence-corrected chi connectivity index (χ1v) is 6.52. The van der Waals surface area contributed by atoms with Crippen molar-refractivity contribution in [2.24, 2.45) is 0 Å². The third kappa shape index (κ3) is 6.68. The zero-order chi connectivity index (χ0) is 16.0. The standard InChI is InChI=1S/C11H14ClNO.C2HF3O2/c1-8-6-11(7-13-8)14-10-4-2-9(12)3-5-10;3-2(4,5)1(6)7/h2-5,8,11,13H,6-7H2,1H3;(H,6,7)/t8-,11+;/m1./s1. The van der Waals surface area contributed by atoms with Crippen molar-refractivity contribution in [1.82, 2.24) is 5.32 Å². The summed E-state index contributed by atoms with van der Waals surface area (Å²) in [5, 5.41) is 11.2. The van der Waals surface area contributed by atoms with Crippen LogP contribution < -0.4 is 10.1 Å². The normalized spacial score (nSPS) is 21.4. The van der Waals surface area contributed by atoms with Crippen LogP contribution in [0.5, 0.6) is 5.75 Å². The number of alkyl halides is 3. The van der Waals surface area contributed by atoms with E-state index in [1.807, 2.05) is 24.3 Å². The molecule has 1 aliphatic rings. The van der Waals surface area contributed by atoms with Gasteiger partial charge in [0.1, 0.15) is 11.9 Å². The summed E-state index contributed by atoms with van der Waals surface area (Å²) in [4.78, 5) is 8.90. The Hall–Kier alpha value is -1.47. The van der Waals surface area contributed by atoms with Crippen molar-refractivity contribution in [2.75, 3.05) is 6.54 Å². The summed E-state index contributed by atoms with van der Waals surface area (Å²) in [5.74, 6) is -1.86. The van der Waals surface area contributed by atoms with E-state index in [1.165, 1.54) is 0 Å². The molecule has 21 heavy (non-hydrogen) atoms. The highest BCUT2D eigenvalue weighted by Gasteiger charge is 2.38. The summed E-state index contributed by atoms with van der Waals surface area (Å²) >= 11 is 5.78. The Morgan fingerprint density at radius 3 is 2.29 bits per heavy atom. The number of benzene rings is 1. The van der Waals surface area contributed by atoms with E-state index in [2.05, 4.69) is 12.2 Å². The molecule has 4 nitrogen and oxygen atoms in total. The van der Waals surface area contributed by atoms with E-state index in [9.17, 15) is 13.2 Å². The monoisotopic (exact) mass is 325 g/mol. The molecule has 1 aliphatic heterocycles. The Labute approximate surface area is 124 Å². The van der Waals surface area contributed by atoms with E-state index >= 15 is 0 Å². The maximum atomic E-state index is 10.6. The van der Waals surface area contributed by atoms with Gasteiger partial charge in [-0.15, -0.1) is 0 Å². The average molecular weight is 326 g/mol. The quantitative estimate of drug-likeness (QED) is 0.877.